The quantitative estimate of drug-likeness (QED) is 0.222. The summed E-state index contributed by atoms with van der Waals surface area (Å²) < 4.78 is 29.7. The molecule has 0 unspecified atom stereocenters. The fraction of sp³-hybridized carbons (Fsp3) is 0.400. The molecule has 0 amide bonds. The summed E-state index contributed by atoms with van der Waals surface area (Å²) in [5.74, 6) is 0.925. The van der Waals surface area contributed by atoms with Gasteiger partial charge in [0.15, 0.2) is 0 Å². The Bertz CT molecular complexity index is 591. The van der Waals surface area contributed by atoms with Gasteiger partial charge in [0.1, 0.15) is 11.5 Å². The number of phosphoric ester groups is 1. The van der Waals surface area contributed by atoms with E-state index in [9.17, 15) is 4.57 Å². The zero-order chi connectivity index (χ0) is 17.8. The van der Waals surface area contributed by atoms with Crippen molar-refractivity contribution in [3.63, 3.8) is 0 Å². The van der Waals surface area contributed by atoms with E-state index in [-0.39, 0.29) is 21.1 Å². The van der Waals surface area contributed by atoms with Crippen molar-refractivity contribution < 1.29 is 39.2 Å². The first-order chi connectivity index (χ1) is 12.2. The van der Waals surface area contributed by atoms with E-state index in [1.165, 1.54) is 25.7 Å². The van der Waals surface area contributed by atoms with Crippen molar-refractivity contribution in [2.24, 2.45) is 0 Å². The van der Waals surface area contributed by atoms with Crippen LogP contribution in [0.2, 0.25) is 0 Å². The van der Waals surface area contributed by atoms with Crippen LogP contribution in [0, 0.1) is 0 Å². The summed E-state index contributed by atoms with van der Waals surface area (Å²) in [5.41, 5.74) is 0. The Kier molecular flexibility index (Phi) is 11.6. The number of rotatable bonds is 12. The second-order valence-corrected chi connectivity index (χ2v) is 7.37. The van der Waals surface area contributed by atoms with Gasteiger partial charge in [-0.25, -0.2) is 4.57 Å². The molecule has 0 saturated carbocycles. The van der Waals surface area contributed by atoms with Crippen LogP contribution in [-0.2, 0) is 30.2 Å². The van der Waals surface area contributed by atoms with Gasteiger partial charge in [0, 0.05) is 21.1 Å². The van der Waals surface area contributed by atoms with Gasteiger partial charge in [-0.15, -0.1) is 0 Å². The molecule has 0 bridgehead atoms. The van der Waals surface area contributed by atoms with Gasteiger partial charge in [-0.05, 0) is 30.7 Å². The van der Waals surface area contributed by atoms with Gasteiger partial charge < -0.3 is 9.05 Å². The van der Waals surface area contributed by atoms with E-state index in [1.807, 2.05) is 36.4 Å². The molecule has 2 rings (SSSR count). The third-order valence-electron chi connectivity index (χ3n) is 3.67. The smallest absolute Gasteiger partial charge is 0.395 e. The molecular formula is C20H27O4PW. The number of phosphoric acid groups is 1. The number of benzene rings is 2. The largest absolute Gasteiger partial charge is 0.587 e. The average Bonchev–Trinajstić information content (AvgIpc) is 2.62. The van der Waals surface area contributed by atoms with Crippen LogP contribution in [0.1, 0.15) is 45.4 Å². The van der Waals surface area contributed by atoms with Crippen molar-refractivity contribution >= 4 is 7.82 Å². The maximum absolute atomic E-state index is 13.0. The molecule has 0 radical (unpaired) electrons. The van der Waals surface area contributed by atoms with Crippen LogP contribution in [0.4, 0.5) is 0 Å². The molecule has 0 aromatic heterocycles. The summed E-state index contributed by atoms with van der Waals surface area (Å²) in [6, 6.07) is 17.9. The Morgan fingerprint density at radius 3 is 1.69 bits per heavy atom. The monoisotopic (exact) mass is 546 g/mol. The van der Waals surface area contributed by atoms with Crippen LogP contribution in [0.5, 0.6) is 11.5 Å². The summed E-state index contributed by atoms with van der Waals surface area (Å²) in [4.78, 5) is 0. The molecule has 142 valence electrons. The molecule has 0 aliphatic carbocycles. The predicted octanol–water partition coefficient (Wildman–Crippen LogP) is 6.63. The van der Waals surface area contributed by atoms with Gasteiger partial charge in [0.05, 0.1) is 6.61 Å². The summed E-state index contributed by atoms with van der Waals surface area (Å²) in [6.07, 6.45) is 6.77. The van der Waals surface area contributed by atoms with Crippen molar-refractivity contribution in [3.8, 4) is 11.5 Å². The fourth-order valence-electron chi connectivity index (χ4n) is 2.35. The van der Waals surface area contributed by atoms with E-state index in [4.69, 9.17) is 13.6 Å². The molecule has 26 heavy (non-hydrogen) atoms. The number of unbranched alkanes of at least 4 members (excludes halogenated alkanes) is 5. The molecule has 0 heterocycles. The molecule has 0 atom stereocenters. The van der Waals surface area contributed by atoms with E-state index >= 15 is 0 Å². The van der Waals surface area contributed by atoms with E-state index in [0.29, 0.717) is 18.1 Å². The second kappa shape index (κ2) is 13.1. The van der Waals surface area contributed by atoms with Gasteiger partial charge >= 0.3 is 7.82 Å². The van der Waals surface area contributed by atoms with E-state index in [1.54, 1.807) is 24.3 Å². The van der Waals surface area contributed by atoms with Gasteiger partial charge in [-0.3, -0.25) is 4.52 Å². The predicted molar refractivity (Wildman–Crippen MR) is 101 cm³/mol. The minimum absolute atomic E-state index is 0. The van der Waals surface area contributed by atoms with Crippen LogP contribution < -0.4 is 9.05 Å². The van der Waals surface area contributed by atoms with Crippen LogP contribution in [0.3, 0.4) is 0 Å². The summed E-state index contributed by atoms with van der Waals surface area (Å²) in [7, 11) is -3.72. The Morgan fingerprint density at radius 2 is 1.19 bits per heavy atom. The number of hydrogen-bond donors (Lipinski definition) is 0. The fourth-order valence-corrected chi connectivity index (χ4v) is 3.61. The Hall–Kier alpha value is -1.08. The van der Waals surface area contributed by atoms with E-state index in [2.05, 4.69) is 6.92 Å². The molecule has 0 spiro atoms. The first kappa shape index (κ1) is 23.0. The normalized spacial score (nSPS) is 10.8. The van der Waals surface area contributed by atoms with Crippen LogP contribution in [-0.4, -0.2) is 6.61 Å². The second-order valence-electron chi connectivity index (χ2n) is 5.86. The van der Waals surface area contributed by atoms with Crippen LogP contribution in [0.15, 0.2) is 60.7 Å². The van der Waals surface area contributed by atoms with E-state index in [0.717, 1.165) is 12.8 Å². The standard InChI is InChI=1S/C20H27O4P.W/c1-2-3-4-5-6-13-18-22-25(21,23-19-14-9-7-10-15-19)24-20-16-11-8-12-17-20;/h7-12,14-17H,2-6,13,18H2,1H3;. The molecule has 2 aromatic rings. The Balaban J connectivity index is 0.00000338. The van der Waals surface area contributed by atoms with Gasteiger partial charge in [-0.2, -0.15) is 0 Å². The summed E-state index contributed by atoms with van der Waals surface area (Å²) in [5, 5.41) is 0. The molecule has 4 nitrogen and oxygen atoms in total. The topological polar surface area (TPSA) is 44.8 Å². The van der Waals surface area contributed by atoms with Crippen LogP contribution >= 0.6 is 7.82 Å². The zero-order valence-corrected chi connectivity index (χ0v) is 19.0. The minimum Gasteiger partial charge on any atom is -0.395 e. The Morgan fingerprint density at radius 1 is 0.731 bits per heavy atom. The van der Waals surface area contributed by atoms with Gasteiger partial charge in [-0.1, -0.05) is 75.4 Å². The van der Waals surface area contributed by atoms with Crippen molar-refractivity contribution in [1.82, 2.24) is 0 Å². The van der Waals surface area contributed by atoms with E-state index < -0.39 is 7.82 Å². The molecule has 0 N–H and O–H groups in total. The molecule has 2 aromatic carbocycles. The average molecular weight is 546 g/mol. The summed E-state index contributed by atoms with van der Waals surface area (Å²) in [6.45, 7) is 2.55. The van der Waals surface area contributed by atoms with Crippen LogP contribution in [0.25, 0.3) is 0 Å². The third-order valence-corrected chi connectivity index (χ3v) is 5.04. The molecule has 0 saturated heterocycles. The van der Waals surface area contributed by atoms with Crippen molar-refractivity contribution in [3.05, 3.63) is 60.7 Å². The molecule has 6 heteroatoms. The first-order valence-corrected chi connectivity index (χ1v) is 10.4. The number of para-hydroxylation sites is 2. The van der Waals surface area contributed by atoms with Crippen molar-refractivity contribution in [1.29, 1.82) is 0 Å². The third kappa shape index (κ3) is 9.03. The van der Waals surface area contributed by atoms with Gasteiger partial charge in [0.25, 0.3) is 0 Å². The van der Waals surface area contributed by atoms with Crippen molar-refractivity contribution in [2.45, 2.75) is 45.4 Å². The summed E-state index contributed by atoms with van der Waals surface area (Å²) >= 11 is 0. The molecule has 0 aliphatic heterocycles. The minimum atomic E-state index is -3.72. The Labute approximate surface area is 171 Å². The number of hydrogen-bond acceptors (Lipinski definition) is 4. The SMILES string of the molecule is CCCCCCCCOP(=O)(Oc1ccccc1)Oc1ccccc1.[W]. The molecular weight excluding hydrogens is 519 g/mol. The molecule has 0 aliphatic rings. The zero-order valence-electron chi connectivity index (χ0n) is 15.2. The maximum atomic E-state index is 13.0. The molecule has 0 fully saturated rings. The van der Waals surface area contributed by atoms with Crippen molar-refractivity contribution in [2.75, 3.05) is 6.61 Å². The first-order valence-electron chi connectivity index (χ1n) is 8.96. The van der Waals surface area contributed by atoms with Gasteiger partial charge in [0.2, 0.25) is 0 Å². The maximum Gasteiger partial charge on any atom is 0.587 e.